The summed E-state index contributed by atoms with van der Waals surface area (Å²) in [6.07, 6.45) is 9.46. The first-order valence-electron chi connectivity index (χ1n) is 4.18. The summed E-state index contributed by atoms with van der Waals surface area (Å²) < 4.78 is 0. The fourth-order valence-corrected chi connectivity index (χ4v) is 1.32. The van der Waals surface area contributed by atoms with E-state index in [2.05, 4.69) is 16.4 Å². The van der Waals surface area contributed by atoms with Crippen molar-refractivity contribution in [3.63, 3.8) is 0 Å². The number of nitrogens with one attached hydrogen (secondary N) is 1. The zero-order valence-corrected chi connectivity index (χ0v) is 7.20. The molecule has 66 valence electrons. The van der Waals surface area contributed by atoms with Crippen LogP contribution in [0.15, 0.2) is 36.8 Å². The molecule has 1 aromatic heterocycles. The molecule has 1 aliphatic heterocycles. The van der Waals surface area contributed by atoms with Gasteiger partial charge in [0.15, 0.2) is 0 Å². The van der Waals surface area contributed by atoms with E-state index in [4.69, 9.17) is 5.73 Å². The highest BCUT2D eigenvalue weighted by atomic mass is 14.8. The van der Waals surface area contributed by atoms with Crippen molar-refractivity contribution in [1.82, 2.24) is 10.3 Å². The topological polar surface area (TPSA) is 50.9 Å². The lowest BCUT2D eigenvalue weighted by atomic mass is 10.0. The van der Waals surface area contributed by atoms with E-state index in [1.54, 1.807) is 12.4 Å². The lowest BCUT2D eigenvalue weighted by molar-refractivity contribution is 0.976. The number of nitrogen functional groups attached to an aromatic ring is 1. The van der Waals surface area contributed by atoms with Crippen LogP contribution in [0, 0.1) is 0 Å². The summed E-state index contributed by atoms with van der Waals surface area (Å²) in [6, 6.07) is 1.93. The molecule has 3 nitrogen and oxygen atoms in total. The summed E-state index contributed by atoms with van der Waals surface area (Å²) in [5.41, 5.74) is 8.72. The Labute approximate surface area is 77.0 Å². The van der Waals surface area contributed by atoms with Gasteiger partial charge in [-0.05, 0) is 23.9 Å². The Hall–Kier alpha value is -1.77. The molecule has 13 heavy (non-hydrogen) atoms. The smallest absolute Gasteiger partial charge is 0.0580 e. The molecule has 0 fully saturated rings. The summed E-state index contributed by atoms with van der Waals surface area (Å²) >= 11 is 0. The Morgan fingerprint density at radius 2 is 2.38 bits per heavy atom. The molecule has 0 bridgehead atoms. The monoisotopic (exact) mass is 173 g/mol. The second-order valence-corrected chi connectivity index (χ2v) is 2.86. The summed E-state index contributed by atoms with van der Waals surface area (Å²) in [4.78, 5) is 3.95. The van der Waals surface area contributed by atoms with Gasteiger partial charge in [-0.2, -0.15) is 0 Å². The average Bonchev–Trinajstić information content (AvgIpc) is 2.20. The zero-order valence-electron chi connectivity index (χ0n) is 7.20. The van der Waals surface area contributed by atoms with Crippen LogP contribution in [0.5, 0.6) is 0 Å². The fourth-order valence-electron chi connectivity index (χ4n) is 1.32. The normalized spacial score (nSPS) is 14.9. The molecule has 1 aromatic rings. The number of rotatable bonds is 1. The first-order valence-corrected chi connectivity index (χ1v) is 4.18. The number of anilines is 1. The third kappa shape index (κ3) is 1.54. The number of pyridine rings is 1. The summed E-state index contributed by atoms with van der Waals surface area (Å²) in [7, 11) is 0. The largest absolute Gasteiger partial charge is 0.397 e. The SMILES string of the molecule is Nc1cnccc1C1=CCNC=C1. The van der Waals surface area contributed by atoms with Gasteiger partial charge in [-0.15, -0.1) is 0 Å². The second-order valence-electron chi connectivity index (χ2n) is 2.86. The number of nitrogens with zero attached hydrogens (tertiary/aromatic N) is 1. The fraction of sp³-hybridized carbons (Fsp3) is 0.100. The molecule has 3 N–H and O–H groups in total. The van der Waals surface area contributed by atoms with Crippen molar-refractivity contribution in [3.05, 3.63) is 42.4 Å². The summed E-state index contributed by atoms with van der Waals surface area (Å²) in [6.45, 7) is 0.855. The molecule has 0 saturated heterocycles. The molecule has 1 aliphatic rings. The zero-order chi connectivity index (χ0) is 9.10. The van der Waals surface area contributed by atoms with Crippen LogP contribution < -0.4 is 11.1 Å². The van der Waals surface area contributed by atoms with Crippen molar-refractivity contribution in [2.75, 3.05) is 12.3 Å². The van der Waals surface area contributed by atoms with Crippen LogP contribution >= 0.6 is 0 Å². The van der Waals surface area contributed by atoms with Gasteiger partial charge in [0.2, 0.25) is 0 Å². The lowest BCUT2D eigenvalue weighted by Crippen LogP contribution is -2.08. The Morgan fingerprint density at radius 3 is 3.08 bits per heavy atom. The molecular weight excluding hydrogens is 162 g/mol. The van der Waals surface area contributed by atoms with Gasteiger partial charge in [-0.1, -0.05) is 6.08 Å². The maximum Gasteiger partial charge on any atom is 0.0580 e. The first kappa shape index (κ1) is 7.86. The van der Waals surface area contributed by atoms with E-state index in [-0.39, 0.29) is 0 Å². The maximum absolute atomic E-state index is 5.79. The minimum Gasteiger partial charge on any atom is -0.397 e. The molecule has 2 heterocycles. The predicted octanol–water partition coefficient (Wildman–Crippen LogP) is 1.16. The molecular formula is C10H11N3. The van der Waals surface area contributed by atoms with Gasteiger partial charge >= 0.3 is 0 Å². The highest BCUT2D eigenvalue weighted by Crippen LogP contribution is 2.21. The molecule has 0 spiro atoms. The Morgan fingerprint density at radius 1 is 1.46 bits per heavy atom. The first-order chi connectivity index (χ1) is 6.38. The molecule has 0 atom stereocenters. The van der Waals surface area contributed by atoms with Crippen molar-refractivity contribution in [2.24, 2.45) is 0 Å². The molecule has 0 saturated carbocycles. The predicted molar refractivity (Wildman–Crippen MR) is 53.8 cm³/mol. The van der Waals surface area contributed by atoms with Crippen molar-refractivity contribution in [2.45, 2.75) is 0 Å². The Balaban J connectivity index is 2.40. The van der Waals surface area contributed by atoms with E-state index in [9.17, 15) is 0 Å². The van der Waals surface area contributed by atoms with Crippen molar-refractivity contribution >= 4 is 11.3 Å². The van der Waals surface area contributed by atoms with E-state index in [1.165, 1.54) is 0 Å². The van der Waals surface area contributed by atoms with Crippen LogP contribution in [-0.2, 0) is 0 Å². The van der Waals surface area contributed by atoms with Crippen LogP contribution in [0.4, 0.5) is 5.69 Å². The highest BCUT2D eigenvalue weighted by molar-refractivity contribution is 5.81. The lowest BCUT2D eigenvalue weighted by Gasteiger charge is -2.09. The average molecular weight is 173 g/mol. The van der Waals surface area contributed by atoms with Gasteiger partial charge in [-0.25, -0.2) is 0 Å². The maximum atomic E-state index is 5.79. The second kappa shape index (κ2) is 3.31. The van der Waals surface area contributed by atoms with Gasteiger partial charge in [0, 0.05) is 18.3 Å². The van der Waals surface area contributed by atoms with E-state index in [0.29, 0.717) is 0 Å². The number of hydrogen-bond donors (Lipinski definition) is 2. The molecule has 0 amide bonds. The molecule has 0 unspecified atom stereocenters. The minimum atomic E-state index is 0.723. The van der Waals surface area contributed by atoms with Crippen LogP contribution in [-0.4, -0.2) is 11.5 Å². The van der Waals surface area contributed by atoms with Crippen LogP contribution in [0.3, 0.4) is 0 Å². The van der Waals surface area contributed by atoms with Gasteiger partial charge in [0.25, 0.3) is 0 Å². The standard InChI is InChI=1S/C10H11N3/c11-10-7-13-6-3-9(10)8-1-4-12-5-2-8/h1-4,6-7,12H,5,11H2. The number of allylic oxidation sites excluding steroid dienone is 2. The van der Waals surface area contributed by atoms with Crippen LogP contribution in [0.1, 0.15) is 5.56 Å². The third-order valence-corrected chi connectivity index (χ3v) is 1.98. The van der Waals surface area contributed by atoms with Crippen LogP contribution in [0.25, 0.3) is 5.57 Å². The number of nitrogens with two attached hydrogens (primary N) is 1. The number of hydrogen-bond acceptors (Lipinski definition) is 3. The van der Waals surface area contributed by atoms with Gasteiger partial charge in [0.1, 0.15) is 0 Å². The van der Waals surface area contributed by atoms with E-state index < -0.39 is 0 Å². The van der Waals surface area contributed by atoms with Gasteiger partial charge in [-0.3, -0.25) is 4.98 Å². The number of dihydropyridines is 1. The summed E-state index contributed by atoms with van der Waals surface area (Å²) in [5.74, 6) is 0. The van der Waals surface area contributed by atoms with Crippen molar-refractivity contribution in [3.8, 4) is 0 Å². The Kier molecular flexibility index (Phi) is 2.00. The summed E-state index contributed by atoms with van der Waals surface area (Å²) in [5, 5.41) is 3.09. The Bertz CT molecular complexity index is 366. The third-order valence-electron chi connectivity index (χ3n) is 1.98. The molecule has 2 rings (SSSR count). The highest BCUT2D eigenvalue weighted by Gasteiger charge is 2.03. The molecule has 0 aliphatic carbocycles. The van der Waals surface area contributed by atoms with E-state index in [1.807, 2.05) is 18.3 Å². The quantitative estimate of drug-likeness (QED) is 0.670. The van der Waals surface area contributed by atoms with Crippen molar-refractivity contribution < 1.29 is 0 Å². The van der Waals surface area contributed by atoms with Crippen molar-refractivity contribution in [1.29, 1.82) is 0 Å². The number of aromatic nitrogens is 1. The van der Waals surface area contributed by atoms with Gasteiger partial charge in [0.05, 0.1) is 11.9 Å². The molecule has 0 radical (unpaired) electrons. The van der Waals surface area contributed by atoms with E-state index in [0.717, 1.165) is 23.4 Å². The molecule has 0 aromatic carbocycles. The minimum absolute atomic E-state index is 0.723. The molecule has 3 heteroatoms. The van der Waals surface area contributed by atoms with E-state index >= 15 is 0 Å². The van der Waals surface area contributed by atoms with Gasteiger partial charge < -0.3 is 11.1 Å². The van der Waals surface area contributed by atoms with Crippen LogP contribution in [0.2, 0.25) is 0 Å².